The molecule has 2 heterocycles. The lowest BCUT2D eigenvalue weighted by Crippen LogP contribution is -2.43. The average Bonchev–Trinajstić information content (AvgIpc) is 3.32. The molecule has 1 fully saturated rings. The van der Waals surface area contributed by atoms with Crippen LogP contribution in [0.3, 0.4) is 0 Å². The minimum atomic E-state index is -0.974. The first-order valence-electron chi connectivity index (χ1n) is 12.5. The fraction of sp³-hybridized carbons (Fsp3) is 0.300. The Kier molecular flexibility index (Phi) is 4.48. The quantitative estimate of drug-likeness (QED) is 0.314. The zero-order valence-electron chi connectivity index (χ0n) is 20.0. The standard InChI is InChI=1S/C30H31N2/c1-21-13-9-12-20-27(21)31-22(2)28-25-18-10-11-19-26(25)29(23-14-5-3-6-15-23)32(28)30(31)24-16-7-4-8-17-24/h3,5-6,9-15,18-20,24,29H,4,7-8,16-17H2,1-2H3/q+1/i29D. The van der Waals surface area contributed by atoms with Gasteiger partial charge >= 0.3 is 0 Å². The maximum Gasteiger partial charge on any atom is 0.266 e. The molecule has 1 atom stereocenters. The molecule has 0 saturated heterocycles. The van der Waals surface area contributed by atoms with Gasteiger partial charge in [0.2, 0.25) is 0 Å². The number of para-hydroxylation sites is 1. The molecule has 1 aromatic heterocycles. The Morgan fingerprint density at radius 2 is 1.50 bits per heavy atom. The first-order chi connectivity index (χ1) is 16.1. The Balaban J connectivity index is 1.74. The van der Waals surface area contributed by atoms with Gasteiger partial charge in [0.15, 0.2) is 17.4 Å². The van der Waals surface area contributed by atoms with Gasteiger partial charge in [0.1, 0.15) is 5.69 Å². The summed E-state index contributed by atoms with van der Waals surface area (Å²) in [5, 5.41) is 0. The molecule has 2 nitrogen and oxygen atoms in total. The number of rotatable bonds is 3. The molecule has 3 aromatic carbocycles. The zero-order valence-corrected chi connectivity index (χ0v) is 19.0. The molecule has 0 radical (unpaired) electrons. The maximum atomic E-state index is 10.1. The summed E-state index contributed by atoms with van der Waals surface area (Å²) in [7, 11) is 0. The Morgan fingerprint density at radius 3 is 2.28 bits per heavy atom. The van der Waals surface area contributed by atoms with Crippen molar-refractivity contribution in [3.63, 3.8) is 0 Å². The highest BCUT2D eigenvalue weighted by molar-refractivity contribution is 5.69. The van der Waals surface area contributed by atoms with Crippen LogP contribution in [0.5, 0.6) is 0 Å². The highest BCUT2D eigenvalue weighted by Gasteiger charge is 2.45. The molecule has 4 aromatic rings. The van der Waals surface area contributed by atoms with Crippen molar-refractivity contribution in [2.45, 2.75) is 57.9 Å². The van der Waals surface area contributed by atoms with Crippen molar-refractivity contribution in [2.24, 2.45) is 0 Å². The van der Waals surface area contributed by atoms with Gasteiger partial charge in [-0.15, -0.1) is 0 Å². The van der Waals surface area contributed by atoms with E-state index >= 15 is 0 Å². The summed E-state index contributed by atoms with van der Waals surface area (Å²) in [5.74, 6) is 1.75. The second-order valence-corrected chi connectivity index (χ2v) is 9.34. The smallest absolute Gasteiger partial charge is 0.215 e. The van der Waals surface area contributed by atoms with Crippen molar-refractivity contribution in [1.29, 1.82) is 0 Å². The van der Waals surface area contributed by atoms with Gasteiger partial charge in [-0.2, -0.15) is 4.57 Å². The van der Waals surface area contributed by atoms with E-state index in [4.69, 9.17) is 0 Å². The summed E-state index contributed by atoms with van der Waals surface area (Å²) in [6.45, 7) is 4.45. The van der Waals surface area contributed by atoms with Crippen LogP contribution in [0.15, 0.2) is 78.9 Å². The summed E-state index contributed by atoms with van der Waals surface area (Å²) < 4.78 is 15.0. The normalized spacial score (nSPS) is 20.6. The van der Waals surface area contributed by atoms with Gasteiger partial charge < -0.3 is 0 Å². The van der Waals surface area contributed by atoms with E-state index < -0.39 is 6.02 Å². The molecule has 6 rings (SSSR count). The van der Waals surface area contributed by atoms with Crippen LogP contribution in [0.2, 0.25) is 0 Å². The van der Waals surface area contributed by atoms with E-state index in [1.807, 2.05) is 6.07 Å². The monoisotopic (exact) mass is 420 g/mol. The molecule has 1 aliphatic carbocycles. The van der Waals surface area contributed by atoms with E-state index in [-0.39, 0.29) is 0 Å². The maximum absolute atomic E-state index is 10.1. The van der Waals surface area contributed by atoms with Crippen LogP contribution in [-0.2, 0) is 0 Å². The van der Waals surface area contributed by atoms with Crippen molar-refractivity contribution in [3.8, 4) is 16.9 Å². The number of nitrogens with zero attached hydrogens (tertiary/aromatic N) is 2. The Labute approximate surface area is 192 Å². The second kappa shape index (κ2) is 7.78. The summed E-state index contributed by atoms with van der Waals surface area (Å²) in [4.78, 5) is 0. The lowest BCUT2D eigenvalue weighted by molar-refractivity contribution is -0.697. The Bertz CT molecular complexity index is 1330. The zero-order chi connectivity index (χ0) is 22.6. The van der Waals surface area contributed by atoms with Crippen molar-refractivity contribution in [2.75, 3.05) is 0 Å². The summed E-state index contributed by atoms with van der Waals surface area (Å²) in [6.07, 6.45) is 6.23. The highest BCUT2D eigenvalue weighted by Crippen LogP contribution is 2.44. The summed E-state index contributed by atoms with van der Waals surface area (Å²) >= 11 is 0. The van der Waals surface area contributed by atoms with Crippen LogP contribution >= 0.6 is 0 Å². The third-order valence-electron chi connectivity index (χ3n) is 7.39. The number of imidazole rings is 1. The Morgan fingerprint density at radius 1 is 0.812 bits per heavy atom. The first-order valence-corrected chi connectivity index (χ1v) is 12.0. The average molecular weight is 421 g/mol. The van der Waals surface area contributed by atoms with Crippen LogP contribution < -0.4 is 4.57 Å². The molecule has 0 N–H and O–H groups in total. The number of fused-ring (bicyclic) bond motifs is 3. The van der Waals surface area contributed by atoms with Gasteiger partial charge in [0, 0.05) is 23.6 Å². The van der Waals surface area contributed by atoms with Gasteiger partial charge in [-0.05, 0) is 31.4 Å². The van der Waals surface area contributed by atoms with E-state index in [1.54, 1.807) is 0 Å². The van der Waals surface area contributed by atoms with E-state index in [1.165, 1.54) is 66.1 Å². The topological polar surface area (TPSA) is 8.81 Å². The molecule has 32 heavy (non-hydrogen) atoms. The fourth-order valence-electron chi connectivity index (χ4n) is 5.94. The largest absolute Gasteiger partial charge is 0.266 e. The summed E-state index contributed by atoms with van der Waals surface area (Å²) in [5.41, 5.74) is 8.26. The first kappa shape index (κ1) is 18.4. The molecule has 0 amide bonds. The molecular weight excluding hydrogens is 388 g/mol. The molecular formula is C30H31N2+. The number of hydrogen-bond acceptors (Lipinski definition) is 0. The minimum Gasteiger partial charge on any atom is -0.215 e. The van der Waals surface area contributed by atoms with Crippen molar-refractivity contribution >= 4 is 0 Å². The molecule has 2 aliphatic rings. The van der Waals surface area contributed by atoms with E-state index in [0.717, 1.165) is 11.1 Å². The highest BCUT2D eigenvalue weighted by atomic mass is 15.2. The number of aryl methyl sites for hydroxylation is 1. The van der Waals surface area contributed by atoms with Gasteiger partial charge in [-0.25, -0.2) is 4.57 Å². The Hall–Kier alpha value is -3.13. The number of benzene rings is 3. The molecule has 1 unspecified atom stereocenters. The summed E-state index contributed by atoms with van der Waals surface area (Å²) in [6, 6.07) is 26.7. The minimum absolute atomic E-state index is 0.452. The lowest BCUT2D eigenvalue weighted by Gasteiger charge is -2.23. The van der Waals surface area contributed by atoms with E-state index in [2.05, 4.69) is 95.8 Å². The molecule has 1 saturated carbocycles. The molecule has 0 spiro atoms. The van der Waals surface area contributed by atoms with Gasteiger partial charge in [-0.1, -0.05) is 92.1 Å². The lowest BCUT2D eigenvalue weighted by atomic mass is 9.87. The van der Waals surface area contributed by atoms with Crippen LogP contribution in [-0.4, -0.2) is 4.57 Å². The molecule has 1 aliphatic heterocycles. The molecule has 2 heteroatoms. The van der Waals surface area contributed by atoms with Crippen molar-refractivity contribution in [3.05, 3.63) is 107 Å². The number of aromatic nitrogens is 2. The second-order valence-electron chi connectivity index (χ2n) is 9.34. The number of hydrogen-bond donors (Lipinski definition) is 0. The van der Waals surface area contributed by atoms with E-state index in [0.29, 0.717) is 5.92 Å². The van der Waals surface area contributed by atoms with Crippen LogP contribution in [0, 0.1) is 13.8 Å². The third kappa shape index (κ3) is 2.89. The third-order valence-corrected chi connectivity index (χ3v) is 7.39. The van der Waals surface area contributed by atoms with Gasteiger partial charge in [0.25, 0.3) is 5.82 Å². The van der Waals surface area contributed by atoms with Crippen molar-refractivity contribution < 1.29 is 5.94 Å². The predicted molar refractivity (Wildman–Crippen MR) is 130 cm³/mol. The van der Waals surface area contributed by atoms with E-state index in [9.17, 15) is 1.37 Å². The molecule has 0 bridgehead atoms. The van der Waals surface area contributed by atoms with Gasteiger partial charge in [0.05, 0.1) is 7.29 Å². The van der Waals surface area contributed by atoms with Crippen LogP contribution in [0.4, 0.5) is 0 Å². The van der Waals surface area contributed by atoms with Crippen molar-refractivity contribution in [1.82, 2.24) is 4.57 Å². The fourth-order valence-corrected chi connectivity index (χ4v) is 5.94. The van der Waals surface area contributed by atoms with Gasteiger partial charge in [-0.3, -0.25) is 0 Å². The molecule has 160 valence electrons. The van der Waals surface area contributed by atoms with Crippen LogP contribution in [0.25, 0.3) is 16.9 Å². The SMILES string of the molecule is [2H]C1(c2ccccc2)c2ccccc2-c2c(C)n(-c3ccccc3C)c(C3CCCCC3)[n+]21. The predicted octanol–water partition coefficient (Wildman–Crippen LogP) is 7.05. The van der Waals surface area contributed by atoms with Crippen LogP contribution in [0.1, 0.15) is 73.6 Å².